The number of carbonyl (C=O) groups is 1. The molecule has 1 amide bonds. The lowest BCUT2D eigenvalue weighted by atomic mass is 10.0. The van der Waals surface area contributed by atoms with Gasteiger partial charge in [-0.05, 0) is 42.6 Å². The summed E-state index contributed by atoms with van der Waals surface area (Å²) < 4.78 is 0. The Morgan fingerprint density at radius 1 is 1.21 bits per heavy atom. The monoisotopic (exact) mass is 482 g/mol. The highest BCUT2D eigenvalue weighted by Gasteiger charge is 2.25. The minimum atomic E-state index is -0.461. The number of amides is 1. The average molecular weight is 483 g/mol. The molecule has 1 aliphatic heterocycles. The predicted octanol–water partition coefficient (Wildman–Crippen LogP) is 3.71. The number of nitrogens with one attached hydrogen (secondary N) is 1. The highest BCUT2D eigenvalue weighted by atomic mass is 35.5. The molecule has 0 bridgehead atoms. The molecule has 3 aromatic heterocycles. The van der Waals surface area contributed by atoms with Crippen molar-refractivity contribution in [2.24, 2.45) is 0 Å². The Labute approximate surface area is 199 Å². The van der Waals surface area contributed by atoms with Gasteiger partial charge in [0.05, 0.1) is 16.9 Å². The molecule has 5 rings (SSSR count). The van der Waals surface area contributed by atoms with E-state index in [1.165, 1.54) is 0 Å². The van der Waals surface area contributed by atoms with Gasteiger partial charge in [-0.2, -0.15) is 0 Å². The molecule has 4 heterocycles. The fraction of sp³-hybridized carbons (Fsp3) is 0.304. The molecule has 4 aromatic rings. The summed E-state index contributed by atoms with van der Waals surface area (Å²) in [6, 6.07) is 9.74. The maximum Gasteiger partial charge on any atom is 0.248 e. The summed E-state index contributed by atoms with van der Waals surface area (Å²) in [6.07, 6.45) is 1.57. The molecule has 1 saturated heterocycles. The van der Waals surface area contributed by atoms with Crippen LogP contribution in [0.1, 0.15) is 18.5 Å². The fourth-order valence-electron chi connectivity index (χ4n) is 4.18. The Kier molecular flexibility index (Phi) is 6.01. The summed E-state index contributed by atoms with van der Waals surface area (Å²) in [5.41, 5.74) is 1.88. The second-order valence-electron chi connectivity index (χ2n) is 7.99. The van der Waals surface area contributed by atoms with Crippen molar-refractivity contribution in [3.8, 4) is 0 Å². The minimum Gasteiger partial charge on any atom is -0.387 e. The maximum atomic E-state index is 11.9. The maximum absolute atomic E-state index is 11.9. The van der Waals surface area contributed by atoms with Crippen LogP contribution in [0.3, 0.4) is 0 Å². The van der Waals surface area contributed by atoms with Crippen LogP contribution in [0, 0.1) is 0 Å². The Balaban J connectivity index is 1.51. The molecule has 1 fully saturated rings. The van der Waals surface area contributed by atoms with Crippen molar-refractivity contribution in [2.75, 3.05) is 43.0 Å². The largest absolute Gasteiger partial charge is 0.387 e. The number of thiophene rings is 1. The molecule has 1 aliphatic rings. The zero-order valence-corrected chi connectivity index (χ0v) is 19.6. The Morgan fingerprint density at radius 3 is 2.82 bits per heavy atom. The Morgan fingerprint density at radius 2 is 2.03 bits per heavy atom. The van der Waals surface area contributed by atoms with Crippen LogP contribution in [0.2, 0.25) is 5.02 Å². The zero-order chi connectivity index (χ0) is 22.9. The third kappa shape index (κ3) is 4.31. The first kappa shape index (κ1) is 21.8. The van der Waals surface area contributed by atoms with Crippen LogP contribution < -0.4 is 10.2 Å². The highest BCUT2D eigenvalue weighted by Crippen LogP contribution is 2.33. The van der Waals surface area contributed by atoms with Gasteiger partial charge in [0.15, 0.2) is 0 Å². The van der Waals surface area contributed by atoms with Crippen molar-refractivity contribution < 1.29 is 9.90 Å². The van der Waals surface area contributed by atoms with Crippen LogP contribution >= 0.6 is 22.9 Å². The van der Waals surface area contributed by atoms with E-state index in [0.29, 0.717) is 31.2 Å². The second kappa shape index (κ2) is 9.09. The van der Waals surface area contributed by atoms with Crippen molar-refractivity contribution in [1.29, 1.82) is 0 Å². The average Bonchev–Trinajstić information content (AvgIpc) is 3.33. The SMILES string of the molecule is C[C@H](Nc1ncnc2sccc12)c1cc2cc(Cl)ccc2nc1N1CCN(C(=O)CO)CC1. The molecule has 0 aliphatic carbocycles. The van der Waals surface area contributed by atoms with Crippen molar-refractivity contribution in [3.05, 3.63) is 52.6 Å². The molecule has 0 radical (unpaired) electrons. The number of rotatable bonds is 5. The van der Waals surface area contributed by atoms with E-state index in [1.807, 2.05) is 29.6 Å². The smallest absolute Gasteiger partial charge is 0.248 e. The van der Waals surface area contributed by atoms with Crippen molar-refractivity contribution >= 4 is 61.6 Å². The number of carbonyl (C=O) groups excluding carboxylic acids is 1. The molecule has 0 unspecified atom stereocenters. The number of fused-ring (bicyclic) bond motifs is 2. The lowest BCUT2D eigenvalue weighted by Crippen LogP contribution is -2.50. The van der Waals surface area contributed by atoms with Gasteiger partial charge >= 0.3 is 0 Å². The van der Waals surface area contributed by atoms with E-state index in [2.05, 4.69) is 33.2 Å². The van der Waals surface area contributed by atoms with Crippen molar-refractivity contribution in [2.45, 2.75) is 13.0 Å². The molecule has 8 nitrogen and oxygen atoms in total. The number of halogens is 1. The van der Waals surface area contributed by atoms with Crippen molar-refractivity contribution in [1.82, 2.24) is 19.9 Å². The van der Waals surface area contributed by atoms with E-state index in [1.54, 1.807) is 22.6 Å². The van der Waals surface area contributed by atoms with E-state index in [0.717, 1.165) is 38.3 Å². The summed E-state index contributed by atoms with van der Waals surface area (Å²) in [5, 5.41) is 17.3. The molecule has 0 spiro atoms. The Hall–Kier alpha value is -3.01. The quantitative estimate of drug-likeness (QED) is 0.447. The third-order valence-electron chi connectivity index (χ3n) is 5.93. The first-order valence-corrected chi connectivity index (χ1v) is 12.0. The van der Waals surface area contributed by atoms with Gasteiger partial charge in [-0.3, -0.25) is 4.79 Å². The lowest BCUT2D eigenvalue weighted by Gasteiger charge is -2.36. The number of aliphatic hydroxyl groups excluding tert-OH is 1. The number of piperazine rings is 1. The summed E-state index contributed by atoms with van der Waals surface area (Å²) in [4.78, 5) is 30.5. The Bertz CT molecular complexity index is 1320. The summed E-state index contributed by atoms with van der Waals surface area (Å²) >= 11 is 7.84. The number of hydrogen-bond donors (Lipinski definition) is 2. The van der Waals surface area contributed by atoms with Crippen LogP contribution in [-0.4, -0.2) is 63.7 Å². The first-order valence-electron chi connectivity index (χ1n) is 10.7. The molecule has 33 heavy (non-hydrogen) atoms. The van der Waals surface area contributed by atoms with Crippen LogP contribution in [0.4, 0.5) is 11.6 Å². The predicted molar refractivity (Wildman–Crippen MR) is 132 cm³/mol. The molecular weight excluding hydrogens is 460 g/mol. The van der Waals surface area contributed by atoms with Gasteiger partial charge in [0.2, 0.25) is 5.91 Å². The number of pyridine rings is 1. The van der Waals surface area contributed by atoms with Gasteiger partial charge in [-0.25, -0.2) is 15.0 Å². The van der Waals surface area contributed by atoms with Crippen molar-refractivity contribution in [3.63, 3.8) is 0 Å². The van der Waals surface area contributed by atoms with E-state index < -0.39 is 6.61 Å². The molecule has 10 heteroatoms. The summed E-state index contributed by atoms with van der Waals surface area (Å²) in [5.74, 6) is 1.41. The van der Waals surface area contributed by atoms with Crippen LogP contribution in [0.15, 0.2) is 42.0 Å². The number of nitrogens with zero attached hydrogens (tertiary/aromatic N) is 5. The highest BCUT2D eigenvalue weighted by molar-refractivity contribution is 7.16. The van der Waals surface area contributed by atoms with Crippen LogP contribution in [0.25, 0.3) is 21.1 Å². The van der Waals surface area contributed by atoms with Gasteiger partial charge in [-0.1, -0.05) is 11.6 Å². The fourth-order valence-corrected chi connectivity index (χ4v) is 5.09. The number of hydrogen-bond acceptors (Lipinski definition) is 8. The topological polar surface area (TPSA) is 94.5 Å². The summed E-state index contributed by atoms with van der Waals surface area (Å²) in [7, 11) is 0. The zero-order valence-electron chi connectivity index (χ0n) is 18.0. The normalized spacial score (nSPS) is 15.2. The molecular formula is C23H23ClN6O2S. The first-order chi connectivity index (χ1) is 16.0. The van der Waals surface area contributed by atoms with Gasteiger partial charge < -0.3 is 20.2 Å². The van der Waals surface area contributed by atoms with Gasteiger partial charge in [0, 0.05) is 42.2 Å². The minimum absolute atomic E-state index is 0.0917. The molecule has 170 valence electrons. The van der Waals surface area contributed by atoms with E-state index in [4.69, 9.17) is 16.6 Å². The van der Waals surface area contributed by atoms with Crippen LogP contribution in [-0.2, 0) is 4.79 Å². The van der Waals surface area contributed by atoms with E-state index >= 15 is 0 Å². The number of anilines is 2. The lowest BCUT2D eigenvalue weighted by molar-refractivity contribution is -0.134. The number of benzene rings is 1. The number of aliphatic hydroxyl groups is 1. The van der Waals surface area contributed by atoms with E-state index in [9.17, 15) is 9.90 Å². The number of aromatic nitrogens is 3. The van der Waals surface area contributed by atoms with Gasteiger partial charge in [0.25, 0.3) is 0 Å². The second-order valence-corrected chi connectivity index (χ2v) is 9.32. The van der Waals surface area contributed by atoms with Gasteiger partial charge in [-0.15, -0.1) is 11.3 Å². The molecule has 2 N–H and O–H groups in total. The standard InChI is InChI=1S/C23H23ClN6O2S/c1-14(27-21-17-4-9-33-23(17)26-13-25-21)18-11-15-10-16(24)2-3-19(15)28-22(18)30-7-5-29(6-8-30)20(32)12-31/h2-4,9-11,13-14,31H,5-8,12H2,1H3,(H,25,26,27)/t14-/m0/s1. The summed E-state index contributed by atoms with van der Waals surface area (Å²) in [6.45, 7) is 3.99. The third-order valence-corrected chi connectivity index (χ3v) is 6.99. The van der Waals surface area contributed by atoms with Crippen LogP contribution in [0.5, 0.6) is 0 Å². The van der Waals surface area contributed by atoms with Gasteiger partial charge in [0.1, 0.15) is 29.4 Å². The van der Waals surface area contributed by atoms with E-state index in [-0.39, 0.29) is 11.9 Å². The molecule has 1 atom stereocenters. The molecule has 0 saturated carbocycles. The molecule has 1 aromatic carbocycles.